The number of hydrogen-bond donors (Lipinski definition) is 0. The van der Waals surface area contributed by atoms with Crippen LogP contribution in [0.1, 0.15) is 55.9 Å². The Balaban J connectivity index is 1.40. The second-order valence-electron chi connectivity index (χ2n) is 9.76. The highest BCUT2D eigenvalue weighted by Gasteiger charge is 2.43. The number of likely N-dealkylation sites (tertiary alicyclic amines) is 1. The van der Waals surface area contributed by atoms with Crippen LogP contribution >= 0.6 is 0 Å². The lowest BCUT2D eigenvalue weighted by atomic mass is 9.85. The predicted molar refractivity (Wildman–Crippen MR) is 137 cm³/mol. The summed E-state index contributed by atoms with van der Waals surface area (Å²) in [4.78, 5) is 11.9. The number of quaternary nitrogens is 1. The molecular weight excluding hydrogens is 442 g/mol. The Hall–Kier alpha value is -2.83. The molecule has 35 heavy (non-hydrogen) atoms. The second-order valence-corrected chi connectivity index (χ2v) is 9.76. The third kappa shape index (κ3) is 5.71. The van der Waals surface area contributed by atoms with Gasteiger partial charge in [-0.2, -0.15) is 0 Å². The van der Waals surface area contributed by atoms with Crippen molar-refractivity contribution in [3.05, 3.63) is 69.4 Å². The van der Waals surface area contributed by atoms with Gasteiger partial charge in [0.25, 0.3) is 0 Å². The number of rotatable bonds is 10. The molecule has 2 aromatic rings. The molecule has 6 nitrogen and oxygen atoms in total. The summed E-state index contributed by atoms with van der Waals surface area (Å²) in [5.41, 5.74) is 7.12. The lowest BCUT2D eigenvalue weighted by Gasteiger charge is -2.53. The zero-order valence-corrected chi connectivity index (χ0v) is 21.4. The number of benzene rings is 2. The van der Waals surface area contributed by atoms with Gasteiger partial charge >= 0.3 is 5.97 Å². The van der Waals surface area contributed by atoms with Gasteiger partial charge in [-0.1, -0.05) is 31.5 Å². The van der Waals surface area contributed by atoms with Crippen LogP contribution in [0.4, 0.5) is 0 Å². The predicted octanol–water partition coefficient (Wildman–Crippen LogP) is 5.45. The van der Waals surface area contributed by atoms with Crippen LogP contribution in [0.2, 0.25) is 0 Å². The summed E-state index contributed by atoms with van der Waals surface area (Å²) < 4.78 is 16.5. The van der Waals surface area contributed by atoms with Gasteiger partial charge in [-0.25, -0.2) is 0 Å². The van der Waals surface area contributed by atoms with Crippen LogP contribution in [0.25, 0.3) is 5.57 Å². The molecule has 0 atom stereocenters. The number of carbonyl (C=O) groups excluding carboxylic acids is 1. The highest BCUT2D eigenvalue weighted by molar-refractivity contribution is 5.74. The second kappa shape index (κ2) is 10.8. The molecule has 4 rings (SSSR count). The van der Waals surface area contributed by atoms with Crippen molar-refractivity contribution in [3.8, 4) is 11.5 Å². The molecule has 1 saturated heterocycles. The Kier molecular flexibility index (Phi) is 7.82. The SMILES string of the molecule is CCCc1ccc(COc2ccc3c(c2)CCC(C[N+]2([O-])CC(C(=O)OCC)C2)=C3C)c(OC)c1. The number of hydrogen-bond acceptors (Lipinski definition) is 5. The maximum absolute atomic E-state index is 13.1. The fraction of sp³-hybridized carbons (Fsp3) is 0.483. The third-order valence-electron chi connectivity index (χ3n) is 7.20. The standard InChI is InChI=1S/C29H37NO5/c1-5-7-21-8-9-24(28(14-21)33-4)19-35-26-12-13-27-20(3)23(11-10-22(27)15-26)16-30(32)17-25(18-30)29(31)34-6-2/h8-9,12-15,25H,5-7,10-11,16-19H2,1-4H3. The maximum Gasteiger partial charge on any atom is 0.320 e. The monoisotopic (exact) mass is 479 g/mol. The van der Waals surface area contributed by atoms with Gasteiger partial charge in [0.05, 0.1) is 26.8 Å². The molecule has 0 amide bonds. The molecule has 2 aliphatic rings. The highest BCUT2D eigenvalue weighted by atomic mass is 16.6. The summed E-state index contributed by atoms with van der Waals surface area (Å²) >= 11 is 0. The molecule has 0 N–H and O–H groups in total. The van der Waals surface area contributed by atoms with Crippen LogP contribution in [0.5, 0.6) is 11.5 Å². The first-order valence-electron chi connectivity index (χ1n) is 12.7. The van der Waals surface area contributed by atoms with Gasteiger partial charge in [0.1, 0.15) is 24.7 Å². The number of nitrogens with zero attached hydrogens (tertiary/aromatic N) is 1. The van der Waals surface area contributed by atoms with E-state index in [1.807, 2.05) is 6.07 Å². The van der Waals surface area contributed by atoms with Crippen LogP contribution in [0, 0.1) is 11.1 Å². The Labute approximate surface area is 208 Å². The minimum Gasteiger partial charge on any atom is -0.633 e. The molecule has 0 spiro atoms. The van der Waals surface area contributed by atoms with E-state index in [9.17, 15) is 10.0 Å². The first-order valence-corrected chi connectivity index (χ1v) is 12.7. The van der Waals surface area contributed by atoms with Crippen molar-refractivity contribution in [2.75, 3.05) is 33.4 Å². The highest BCUT2D eigenvalue weighted by Crippen LogP contribution is 2.37. The number of hydroxylamine groups is 3. The Morgan fingerprint density at radius 3 is 2.63 bits per heavy atom. The van der Waals surface area contributed by atoms with Crippen molar-refractivity contribution in [1.29, 1.82) is 0 Å². The molecule has 188 valence electrons. The van der Waals surface area contributed by atoms with E-state index in [1.165, 1.54) is 27.8 Å². The van der Waals surface area contributed by atoms with E-state index >= 15 is 0 Å². The summed E-state index contributed by atoms with van der Waals surface area (Å²) in [5, 5.41) is 13.1. The lowest BCUT2D eigenvalue weighted by Crippen LogP contribution is -2.62. The maximum atomic E-state index is 13.1. The average Bonchev–Trinajstić information content (AvgIpc) is 2.83. The number of esters is 1. The zero-order valence-electron chi connectivity index (χ0n) is 21.4. The van der Waals surface area contributed by atoms with Crippen molar-refractivity contribution >= 4 is 11.5 Å². The van der Waals surface area contributed by atoms with Gasteiger partial charge in [-0.05, 0) is 79.1 Å². The molecule has 0 bridgehead atoms. The molecule has 1 heterocycles. The minimum absolute atomic E-state index is 0.237. The molecule has 0 radical (unpaired) electrons. The van der Waals surface area contributed by atoms with E-state index in [-0.39, 0.29) is 16.5 Å². The molecule has 1 aliphatic carbocycles. The number of fused-ring (bicyclic) bond motifs is 1. The van der Waals surface area contributed by atoms with Gasteiger partial charge in [0.15, 0.2) is 5.92 Å². The third-order valence-corrected chi connectivity index (χ3v) is 7.20. The van der Waals surface area contributed by atoms with Gasteiger partial charge in [0.2, 0.25) is 0 Å². The van der Waals surface area contributed by atoms with Crippen molar-refractivity contribution < 1.29 is 23.7 Å². The summed E-state index contributed by atoms with van der Waals surface area (Å²) in [5.74, 6) is 1.21. The molecule has 1 aliphatic heterocycles. The largest absolute Gasteiger partial charge is 0.633 e. The molecule has 2 aromatic carbocycles. The summed E-state index contributed by atoms with van der Waals surface area (Å²) in [6.45, 7) is 7.97. The fourth-order valence-corrected chi connectivity index (χ4v) is 5.24. The van der Waals surface area contributed by atoms with Crippen molar-refractivity contribution in [1.82, 2.24) is 0 Å². The van der Waals surface area contributed by atoms with Crippen molar-refractivity contribution in [2.24, 2.45) is 5.92 Å². The van der Waals surface area contributed by atoms with E-state index in [4.69, 9.17) is 14.2 Å². The number of ether oxygens (including phenoxy) is 3. The van der Waals surface area contributed by atoms with Gasteiger partial charge < -0.3 is 24.1 Å². The van der Waals surface area contributed by atoms with E-state index in [2.05, 4.69) is 44.2 Å². The summed E-state index contributed by atoms with van der Waals surface area (Å²) in [6.07, 6.45) is 3.89. The first-order chi connectivity index (χ1) is 16.9. The van der Waals surface area contributed by atoms with E-state index < -0.39 is 0 Å². The smallest absolute Gasteiger partial charge is 0.320 e. The zero-order chi connectivity index (χ0) is 25.0. The first kappa shape index (κ1) is 25.3. The Morgan fingerprint density at radius 2 is 1.91 bits per heavy atom. The van der Waals surface area contributed by atoms with E-state index in [0.717, 1.165) is 42.7 Å². The van der Waals surface area contributed by atoms with Gasteiger partial charge in [0, 0.05) is 5.56 Å². The average molecular weight is 480 g/mol. The van der Waals surface area contributed by atoms with E-state index in [1.54, 1.807) is 14.0 Å². The Bertz CT molecular complexity index is 1100. The van der Waals surface area contributed by atoms with Crippen LogP contribution in [-0.4, -0.2) is 44.0 Å². The number of carbonyl (C=O) groups is 1. The Morgan fingerprint density at radius 1 is 1.11 bits per heavy atom. The molecule has 0 saturated carbocycles. The van der Waals surface area contributed by atoms with Crippen LogP contribution in [0.3, 0.4) is 0 Å². The number of allylic oxidation sites excluding steroid dienone is 1. The molecular formula is C29H37NO5. The lowest BCUT2D eigenvalue weighted by molar-refractivity contribution is -0.922. The normalized spacial score (nSPS) is 21.2. The number of methoxy groups -OCH3 is 1. The van der Waals surface area contributed by atoms with Gasteiger partial charge in [-0.15, -0.1) is 0 Å². The van der Waals surface area contributed by atoms with Gasteiger partial charge in [-0.3, -0.25) is 4.79 Å². The molecule has 0 unspecified atom stereocenters. The van der Waals surface area contributed by atoms with Crippen LogP contribution in [0.15, 0.2) is 42.0 Å². The van der Waals surface area contributed by atoms with Crippen molar-refractivity contribution in [3.63, 3.8) is 0 Å². The van der Waals surface area contributed by atoms with E-state index in [0.29, 0.717) is 32.8 Å². The molecule has 1 fully saturated rings. The topological polar surface area (TPSA) is 67.8 Å². The van der Waals surface area contributed by atoms with Crippen LogP contribution < -0.4 is 9.47 Å². The quantitative estimate of drug-likeness (QED) is 0.257. The molecule has 6 heteroatoms. The summed E-state index contributed by atoms with van der Waals surface area (Å²) in [7, 11) is 1.70. The summed E-state index contributed by atoms with van der Waals surface area (Å²) in [6, 6.07) is 12.6. The van der Waals surface area contributed by atoms with Crippen molar-refractivity contribution in [2.45, 2.75) is 53.1 Å². The van der Waals surface area contributed by atoms with Crippen LogP contribution in [-0.2, 0) is 29.0 Å². The fourth-order valence-electron chi connectivity index (χ4n) is 5.24. The number of aryl methyl sites for hydroxylation is 2. The molecule has 0 aromatic heterocycles. The minimum atomic E-state index is -0.328.